The summed E-state index contributed by atoms with van der Waals surface area (Å²) in [7, 11) is 0. The molecule has 0 aliphatic rings. The van der Waals surface area contributed by atoms with Crippen LogP contribution in [0.15, 0.2) is 48.5 Å². The topological polar surface area (TPSA) is 84.8 Å². The molecule has 5 heteroatoms. The number of aliphatic hydroxyl groups excluding tert-OH is 2. The summed E-state index contributed by atoms with van der Waals surface area (Å²) >= 11 is 0. The molecule has 0 aliphatic heterocycles. The van der Waals surface area contributed by atoms with Gasteiger partial charge in [0.15, 0.2) is 0 Å². The van der Waals surface area contributed by atoms with Crippen LogP contribution in [-0.2, 0) is 6.61 Å². The van der Waals surface area contributed by atoms with E-state index >= 15 is 0 Å². The molecule has 2 rings (SSSR count). The van der Waals surface area contributed by atoms with Crippen molar-refractivity contribution in [3.8, 4) is 5.75 Å². The lowest BCUT2D eigenvalue weighted by Crippen LogP contribution is -2.35. The van der Waals surface area contributed by atoms with Crippen molar-refractivity contribution in [2.45, 2.75) is 25.7 Å². The molecule has 0 fully saturated rings. The summed E-state index contributed by atoms with van der Waals surface area (Å²) in [6.45, 7) is 2.93. The van der Waals surface area contributed by atoms with Gasteiger partial charge in [0.1, 0.15) is 5.75 Å². The van der Waals surface area contributed by atoms with Crippen molar-refractivity contribution in [2.24, 2.45) is 0 Å². The average Bonchev–Trinajstić information content (AvgIpc) is 2.59. The second-order valence-electron chi connectivity index (χ2n) is 5.62. The molecule has 2 atom stereocenters. The summed E-state index contributed by atoms with van der Waals surface area (Å²) < 4.78 is 0. The zero-order valence-electron chi connectivity index (χ0n) is 13.2. The Morgan fingerprint density at radius 1 is 1.04 bits per heavy atom. The fraction of sp³-hybridized carbons (Fsp3) is 0.333. The minimum atomic E-state index is -0.694. The lowest BCUT2D eigenvalue weighted by molar-refractivity contribution is 0.171. The molecule has 0 radical (unpaired) electrons. The fourth-order valence-corrected chi connectivity index (χ4v) is 2.27. The van der Waals surface area contributed by atoms with Crippen LogP contribution in [0.25, 0.3) is 0 Å². The van der Waals surface area contributed by atoms with Gasteiger partial charge in [-0.15, -0.1) is 0 Å². The van der Waals surface area contributed by atoms with Gasteiger partial charge in [-0.3, -0.25) is 0 Å². The van der Waals surface area contributed by atoms with E-state index < -0.39 is 6.10 Å². The van der Waals surface area contributed by atoms with Crippen LogP contribution in [0.2, 0.25) is 0 Å². The van der Waals surface area contributed by atoms with Gasteiger partial charge in [-0.1, -0.05) is 24.3 Å². The van der Waals surface area contributed by atoms with Crippen molar-refractivity contribution < 1.29 is 15.3 Å². The van der Waals surface area contributed by atoms with E-state index in [1.807, 2.05) is 37.3 Å². The highest BCUT2D eigenvalue weighted by Crippen LogP contribution is 2.22. The van der Waals surface area contributed by atoms with Crippen LogP contribution in [-0.4, -0.2) is 34.5 Å². The van der Waals surface area contributed by atoms with Gasteiger partial charge in [-0.05, 0) is 36.8 Å². The van der Waals surface area contributed by atoms with Gasteiger partial charge < -0.3 is 26.0 Å². The van der Waals surface area contributed by atoms with Crippen LogP contribution in [0.3, 0.4) is 0 Å². The van der Waals surface area contributed by atoms with Crippen molar-refractivity contribution in [1.82, 2.24) is 5.32 Å². The maximum absolute atomic E-state index is 10.2. The number of anilines is 1. The van der Waals surface area contributed by atoms with Crippen LogP contribution in [0.5, 0.6) is 5.75 Å². The molecule has 23 heavy (non-hydrogen) atoms. The second kappa shape index (κ2) is 8.53. The fourth-order valence-electron chi connectivity index (χ4n) is 2.27. The van der Waals surface area contributed by atoms with Crippen LogP contribution in [0, 0.1) is 0 Å². The van der Waals surface area contributed by atoms with Gasteiger partial charge >= 0.3 is 0 Å². The molecule has 0 heterocycles. The predicted molar refractivity (Wildman–Crippen MR) is 91.4 cm³/mol. The van der Waals surface area contributed by atoms with E-state index in [9.17, 15) is 10.2 Å². The third-order valence-electron chi connectivity index (χ3n) is 3.70. The summed E-state index contributed by atoms with van der Waals surface area (Å²) in [5.74, 6) is 0.0387. The van der Waals surface area contributed by atoms with E-state index in [1.165, 1.54) is 6.07 Å². The van der Waals surface area contributed by atoms with E-state index in [-0.39, 0.29) is 18.4 Å². The van der Waals surface area contributed by atoms with Crippen LogP contribution >= 0.6 is 0 Å². The first-order valence-electron chi connectivity index (χ1n) is 7.73. The first kappa shape index (κ1) is 17.3. The lowest BCUT2D eigenvalue weighted by atomic mass is 10.1. The molecule has 0 aliphatic carbocycles. The van der Waals surface area contributed by atoms with E-state index in [0.717, 1.165) is 12.2 Å². The van der Waals surface area contributed by atoms with Crippen molar-refractivity contribution in [3.05, 3.63) is 59.7 Å². The highest BCUT2D eigenvalue weighted by Gasteiger charge is 2.11. The summed E-state index contributed by atoms with van der Waals surface area (Å²) in [5.41, 5.74) is 2.15. The molecule has 2 unspecified atom stereocenters. The Kier molecular flexibility index (Phi) is 6.40. The molecule has 0 amide bonds. The predicted octanol–water partition coefficient (Wildman–Crippen LogP) is 2.01. The highest BCUT2D eigenvalue weighted by molar-refractivity contribution is 5.42. The van der Waals surface area contributed by atoms with Crippen molar-refractivity contribution >= 4 is 5.69 Å². The molecule has 2 aromatic carbocycles. The Bertz CT molecular complexity index is 604. The smallest absolute Gasteiger partial charge is 0.121 e. The van der Waals surface area contributed by atoms with Crippen molar-refractivity contribution in [2.75, 3.05) is 18.4 Å². The molecule has 0 saturated heterocycles. The first-order valence-corrected chi connectivity index (χ1v) is 7.73. The minimum absolute atomic E-state index is 0.0387. The third-order valence-corrected chi connectivity index (χ3v) is 3.70. The molecular weight excluding hydrogens is 292 g/mol. The maximum atomic E-state index is 10.2. The monoisotopic (exact) mass is 316 g/mol. The van der Waals surface area contributed by atoms with E-state index in [1.54, 1.807) is 12.1 Å². The highest BCUT2D eigenvalue weighted by atomic mass is 16.3. The van der Waals surface area contributed by atoms with Crippen LogP contribution < -0.4 is 10.6 Å². The second-order valence-corrected chi connectivity index (χ2v) is 5.62. The number of nitrogens with one attached hydrogen (secondary N) is 2. The average molecular weight is 316 g/mol. The number of phenols is 1. The van der Waals surface area contributed by atoms with Crippen molar-refractivity contribution in [3.63, 3.8) is 0 Å². The van der Waals surface area contributed by atoms with Crippen molar-refractivity contribution in [1.29, 1.82) is 0 Å². The summed E-state index contributed by atoms with van der Waals surface area (Å²) in [5, 5.41) is 35.5. The Hall–Kier alpha value is -2.08. The number of hydrogen-bond acceptors (Lipinski definition) is 5. The van der Waals surface area contributed by atoms with Gasteiger partial charge in [-0.25, -0.2) is 0 Å². The number of hydrogen-bond donors (Lipinski definition) is 5. The molecule has 0 saturated carbocycles. The van der Waals surface area contributed by atoms with Gasteiger partial charge in [0.2, 0.25) is 0 Å². The number of benzene rings is 2. The van der Waals surface area contributed by atoms with Gasteiger partial charge in [0, 0.05) is 30.4 Å². The lowest BCUT2D eigenvalue weighted by Gasteiger charge is -2.19. The first-order chi connectivity index (χ1) is 11.1. The van der Waals surface area contributed by atoms with E-state index in [2.05, 4.69) is 10.6 Å². The van der Waals surface area contributed by atoms with Gasteiger partial charge in [-0.2, -0.15) is 0 Å². The Labute approximate surface area is 136 Å². The molecule has 5 N–H and O–H groups in total. The molecular formula is C18H24N2O3. The van der Waals surface area contributed by atoms with Gasteiger partial charge in [0.25, 0.3) is 0 Å². The number of para-hydroxylation sites is 1. The van der Waals surface area contributed by atoms with Crippen LogP contribution in [0.1, 0.15) is 24.2 Å². The summed E-state index contributed by atoms with van der Waals surface area (Å²) in [6, 6.07) is 14.9. The Balaban J connectivity index is 1.80. The van der Waals surface area contributed by atoms with Gasteiger partial charge in [0.05, 0.1) is 12.7 Å². The SMILES string of the molecule is CC(CNc1ccccc1)NCC(O)c1ccc(O)c(CO)c1. The third kappa shape index (κ3) is 5.25. The normalized spacial score (nSPS) is 13.5. The molecule has 2 aromatic rings. The molecule has 0 aromatic heterocycles. The molecule has 0 bridgehead atoms. The summed E-state index contributed by atoms with van der Waals surface area (Å²) in [4.78, 5) is 0. The Morgan fingerprint density at radius 3 is 2.48 bits per heavy atom. The van der Waals surface area contributed by atoms with Crippen LogP contribution in [0.4, 0.5) is 5.69 Å². The van der Waals surface area contributed by atoms with E-state index in [0.29, 0.717) is 17.7 Å². The molecule has 0 spiro atoms. The number of aromatic hydroxyl groups is 1. The number of aliphatic hydroxyl groups is 2. The van der Waals surface area contributed by atoms with E-state index in [4.69, 9.17) is 5.11 Å². The molecule has 124 valence electrons. The zero-order chi connectivity index (χ0) is 16.7. The Morgan fingerprint density at radius 2 is 1.78 bits per heavy atom. The summed E-state index contributed by atoms with van der Waals surface area (Å²) in [6.07, 6.45) is -0.694. The zero-order valence-corrected chi connectivity index (χ0v) is 13.2. The maximum Gasteiger partial charge on any atom is 0.121 e. The molecule has 5 nitrogen and oxygen atoms in total. The number of rotatable bonds is 8. The largest absolute Gasteiger partial charge is 0.508 e. The quantitative estimate of drug-likeness (QED) is 0.514. The standard InChI is InChI=1S/C18H24N2O3/c1-13(10-20-16-5-3-2-4-6-16)19-11-18(23)14-7-8-17(22)15(9-14)12-21/h2-9,13,18-23H,10-12H2,1H3. The minimum Gasteiger partial charge on any atom is -0.508 e.